The fourth-order valence-electron chi connectivity index (χ4n) is 2.65. The van der Waals surface area contributed by atoms with Crippen molar-refractivity contribution in [2.75, 3.05) is 6.54 Å². The lowest BCUT2D eigenvalue weighted by atomic mass is 10.0. The maximum absolute atomic E-state index is 14.4. The molecule has 0 aliphatic rings. The van der Waals surface area contributed by atoms with Gasteiger partial charge >= 0.3 is 6.09 Å². The van der Waals surface area contributed by atoms with E-state index < -0.39 is 23.3 Å². The van der Waals surface area contributed by atoms with Gasteiger partial charge in [0.1, 0.15) is 5.60 Å². The third-order valence-electron chi connectivity index (χ3n) is 4.06. The molecule has 0 aliphatic heterocycles. The number of amides is 1. The van der Waals surface area contributed by atoms with Crippen LogP contribution in [-0.2, 0) is 28.8 Å². The largest absolute Gasteiger partial charge is 0.444 e. The minimum absolute atomic E-state index is 0.0103. The molecule has 0 unspecified atom stereocenters. The van der Waals surface area contributed by atoms with E-state index in [2.05, 4.69) is 10.3 Å². The lowest BCUT2D eigenvalue weighted by molar-refractivity contribution is -0.118. The molecule has 5 nitrogen and oxygen atoms in total. The Labute approximate surface area is 173 Å². The van der Waals surface area contributed by atoms with E-state index in [0.29, 0.717) is 12.8 Å². The molecular weight excluding hydrogens is 398 g/mol. The van der Waals surface area contributed by atoms with Gasteiger partial charge in [0.15, 0.2) is 17.4 Å². The Bertz CT molecular complexity index is 875. The molecule has 0 radical (unpaired) electrons. The van der Waals surface area contributed by atoms with Gasteiger partial charge in [-0.15, -0.1) is 11.3 Å². The molecule has 0 fully saturated rings. The van der Waals surface area contributed by atoms with Gasteiger partial charge in [-0.2, -0.15) is 0 Å². The monoisotopic (exact) mass is 424 g/mol. The van der Waals surface area contributed by atoms with Crippen LogP contribution >= 0.6 is 11.3 Å². The van der Waals surface area contributed by atoms with Gasteiger partial charge in [0.2, 0.25) is 0 Å². The van der Waals surface area contributed by atoms with Gasteiger partial charge in [0, 0.05) is 11.8 Å². The molecule has 2 rings (SSSR count). The van der Waals surface area contributed by atoms with E-state index in [1.807, 2.05) is 12.3 Å². The highest BCUT2D eigenvalue weighted by Crippen LogP contribution is 2.20. The first-order chi connectivity index (χ1) is 13.5. The number of benzene rings is 1. The van der Waals surface area contributed by atoms with Crippen molar-refractivity contribution in [1.82, 2.24) is 10.3 Å². The van der Waals surface area contributed by atoms with E-state index in [9.17, 15) is 18.4 Å². The normalized spacial score (nSPS) is 11.4. The van der Waals surface area contributed by atoms with Gasteiger partial charge in [-0.1, -0.05) is 12.1 Å². The second-order valence-electron chi connectivity index (χ2n) is 7.76. The molecule has 0 saturated carbocycles. The number of ketones is 1. The summed E-state index contributed by atoms with van der Waals surface area (Å²) in [6.45, 7) is 6.83. The van der Waals surface area contributed by atoms with Crippen LogP contribution in [0.1, 0.15) is 49.0 Å². The number of hydrogen-bond acceptors (Lipinski definition) is 5. The van der Waals surface area contributed by atoms with Gasteiger partial charge in [-0.3, -0.25) is 4.79 Å². The van der Waals surface area contributed by atoms with Crippen LogP contribution < -0.4 is 5.32 Å². The number of nitrogens with one attached hydrogen (secondary N) is 1. The Balaban J connectivity index is 1.85. The number of nitrogens with zero attached hydrogens (tertiary/aromatic N) is 1. The molecule has 0 spiro atoms. The predicted octanol–water partition coefficient (Wildman–Crippen LogP) is 4.54. The summed E-state index contributed by atoms with van der Waals surface area (Å²) in [5.41, 5.74) is 0.629. The molecule has 0 aliphatic carbocycles. The van der Waals surface area contributed by atoms with Gasteiger partial charge in [-0.05, 0) is 58.1 Å². The number of alkyl carbamates (subject to hydrolysis) is 1. The number of hydrogen-bond donors (Lipinski definition) is 1. The Morgan fingerprint density at radius 3 is 2.28 bits per heavy atom. The van der Waals surface area contributed by atoms with E-state index in [1.54, 1.807) is 26.8 Å². The first-order valence-electron chi connectivity index (χ1n) is 9.40. The number of aryl methyl sites for hydroxylation is 4. The number of thiazole rings is 1. The lowest BCUT2D eigenvalue weighted by Gasteiger charge is -2.19. The van der Waals surface area contributed by atoms with Gasteiger partial charge in [0.05, 0.1) is 17.2 Å². The van der Waals surface area contributed by atoms with Gasteiger partial charge in [0.25, 0.3) is 0 Å². The summed E-state index contributed by atoms with van der Waals surface area (Å²) in [4.78, 5) is 27.8. The van der Waals surface area contributed by atoms with Crippen LogP contribution in [0.5, 0.6) is 0 Å². The quantitative estimate of drug-likeness (QED) is 0.676. The Morgan fingerprint density at radius 1 is 1.10 bits per heavy atom. The van der Waals surface area contributed by atoms with Crippen molar-refractivity contribution in [2.24, 2.45) is 0 Å². The second-order valence-corrected chi connectivity index (χ2v) is 8.83. The molecule has 2 aromatic rings. The van der Waals surface area contributed by atoms with Crippen molar-refractivity contribution < 1.29 is 23.1 Å². The van der Waals surface area contributed by atoms with Crippen molar-refractivity contribution in [3.05, 3.63) is 51.0 Å². The number of ether oxygens (including phenoxy) is 1. The molecule has 1 aromatic heterocycles. The van der Waals surface area contributed by atoms with Crippen molar-refractivity contribution >= 4 is 23.2 Å². The SMILES string of the molecule is Cc1nc(CCc2ccc(CCC(=O)CNC(=O)OC(C)(C)C)c(F)c2F)cs1. The molecule has 8 heteroatoms. The number of carbonyl (C=O) groups excluding carboxylic acids is 2. The van der Waals surface area contributed by atoms with E-state index in [0.717, 1.165) is 10.7 Å². The minimum atomic E-state index is -0.926. The van der Waals surface area contributed by atoms with E-state index >= 15 is 0 Å². The summed E-state index contributed by atoms with van der Waals surface area (Å²) in [6.07, 6.45) is 0.245. The average molecular weight is 425 g/mol. The molecule has 1 N–H and O–H groups in total. The molecule has 0 saturated heterocycles. The summed E-state index contributed by atoms with van der Waals surface area (Å²) in [5.74, 6) is -2.10. The maximum atomic E-state index is 14.4. The van der Waals surface area contributed by atoms with Gasteiger partial charge < -0.3 is 10.1 Å². The van der Waals surface area contributed by atoms with Crippen molar-refractivity contribution in [2.45, 2.75) is 59.0 Å². The summed E-state index contributed by atoms with van der Waals surface area (Å²) in [7, 11) is 0. The van der Waals surface area contributed by atoms with Gasteiger partial charge in [-0.25, -0.2) is 18.6 Å². The molecule has 158 valence electrons. The zero-order valence-electron chi connectivity index (χ0n) is 17.1. The van der Waals surface area contributed by atoms with Crippen LogP contribution in [0.3, 0.4) is 0 Å². The molecule has 1 amide bonds. The first kappa shape index (κ1) is 22.9. The third kappa shape index (κ3) is 7.53. The summed E-state index contributed by atoms with van der Waals surface area (Å²) < 4.78 is 33.7. The van der Waals surface area contributed by atoms with Crippen molar-refractivity contribution in [3.63, 3.8) is 0 Å². The zero-order chi connectivity index (χ0) is 21.6. The van der Waals surface area contributed by atoms with Crippen molar-refractivity contribution in [3.8, 4) is 0 Å². The smallest absolute Gasteiger partial charge is 0.408 e. The molecular formula is C21H26F2N2O3S. The first-order valence-corrected chi connectivity index (χ1v) is 10.3. The molecule has 1 heterocycles. The highest BCUT2D eigenvalue weighted by atomic mass is 32.1. The van der Waals surface area contributed by atoms with Crippen LogP contribution in [0.25, 0.3) is 0 Å². The molecule has 0 atom stereocenters. The fourth-order valence-corrected chi connectivity index (χ4v) is 3.30. The van der Waals surface area contributed by atoms with Crippen LogP contribution in [-0.4, -0.2) is 29.0 Å². The van der Waals surface area contributed by atoms with E-state index in [-0.39, 0.29) is 36.3 Å². The molecule has 0 bridgehead atoms. The second kappa shape index (κ2) is 9.91. The van der Waals surface area contributed by atoms with Crippen LogP contribution in [0.2, 0.25) is 0 Å². The topological polar surface area (TPSA) is 68.3 Å². The Hall–Kier alpha value is -2.35. The highest BCUT2D eigenvalue weighted by molar-refractivity contribution is 7.09. The standard InChI is InChI=1S/C21H26F2N2O3S/c1-13-25-16(12-29-13)9-7-14-5-6-15(19(23)18(14)22)8-10-17(26)11-24-20(27)28-21(2,3)4/h5-6,12H,7-11H2,1-4H3,(H,24,27). The van der Waals surface area contributed by atoms with E-state index in [1.165, 1.54) is 17.4 Å². The van der Waals surface area contributed by atoms with E-state index in [4.69, 9.17) is 4.74 Å². The molecule has 1 aromatic carbocycles. The van der Waals surface area contributed by atoms with Crippen LogP contribution in [0.15, 0.2) is 17.5 Å². The number of carbonyl (C=O) groups is 2. The Kier molecular flexibility index (Phi) is 7.84. The summed E-state index contributed by atoms with van der Waals surface area (Å²) in [6, 6.07) is 3.06. The Morgan fingerprint density at radius 2 is 1.72 bits per heavy atom. The predicted molar refractivity (Wildman–Crippen MR) is 108 cm³/mol. The number of halogens is 2. The number of Topliss-reactive ketones (excluding diaryl/α,β-unsaturated/α-hetero) is 1. The van der Waals surface area contributed by atoms with Crippen LogP contribution in [0.4, 0.5) is 13.6 Å². The molecule has 29 heavy (non-hydrogen) atoms. The lowest BCUT2D eigenvalue weighted by Crippen LogP contribution is -2.35. The maximum Gasteiger partial charge on any atom is 0.408 e. The fraction of sp³-hybridized carbons (Fsp3) is 0.476. The average Bonchev–Trinajstić information content (AvgIpc) is 3.04. The number of rotatable bonds is 8. The summed E-state index contributed by atoms with van der Waals surface area (Å²) >= 11 is 1.52. The van der Waals surface area contributed by atoms with Crippen molar-refractivity contribution in [1.29, 1.82) is 0 Å². The third-order valence-corrected chi connectivity index (χ3v) is 4.88. The van der Waals surface area contributed by atoms with Crippen LogP contribution in [0, 0.1) is 18.6 Å². The number of aromatic nitrogens is 1. The zero-order valence-corrected chi connectivity index (χ0v) is 17.9. The summed E-state index contributed by atoms with van der Waals surface area (Å²) in [5, 5.41) is 5.21. The minimum Gasteiger partial charge on any atom is -0.444 e. The highest BCUT2D eigenvalue weighted by Gasteiger charge is 2.18.